The number of pyridine rings is 1. The molecular weight excluding hydrogens is 518 g/mol. The Labute approximate surface area is 218 Å². The SMILES string of the molecule is CC1(C)c2[nH]nc(NC(=O)c3cccnc3N[C@H]3CC[C@H](O)CC3)c2CN1S(=O)(=O)c1cc(F)cc(F)c1. The van der Waals surface area contributed by atoms with E-state index in [1.807, 2.05) is 0 Å². The van der Waals surface area contributed by atoms with Gasteiger partial charge in [0, 0.05) is 30.4 Å². The highest BCUT2D eigenvalue weighted by Gasteiger charge is 2.48. The fourth-order valence-electron chi connectivity index (χ4n) is 5.08. The van der Waals surface area contributed by atoms with Gasteiger partial charge in [0.25, 0.3) is 5.91 Å². The van der Waals surface area contributed by atoms with E-state index in [2.05, 4.69) is 25.8 Å². The van der Waals surface area contributed by atoms with E-state index in [4.69, 9.17) is 0 Å². The van der Waals surface area contributed by atoms with Crippen LogP contribution in [0.25, 0.3) is 0 Å². The Morgan fingerprint density at radius 1 is 1.13 bits per heavy atom. The lowest BCUT2D eigenvalue weighted by molar-refractivity contribution is 0.102. The first kappa shape index (κ1) is 26.2. The Kier molecular flexibility index (Phi) is 6.70. The van der Waals surface area contributed by atoms with Crippen molar-refractivity contribution in [3.63, 3.8) is 0 Å². The van der Waals surface area contributed by atoms with E-state index >= 15 is 0 Å². The molecule has 2 aromatic heterocycles. The number of aliphatic hydroxyl groups is 1. The number of sulfonamides is 1. The number of nitrogens with one attached hydrogen (secondary N) is 3. The molecule has 0 atom stereocenters. The summed E-state index contributed by atoms with van der Waals surface area (Å²) in [7, 11) is -4.30. The first-order valence-electron chi connectivity index (χ1n) is 12.2. The molecule has 0 unspecified atom stereocenters. The quantitative estimate of drug-likeness (QED) is 0.371. The summed E-state index contributed by atoms with van der Waals surface area (Å²) in [5.41, 5.74) is 0.0498. The Bertz CT molecular complexity index is 1460. The van der Waals surface area contributed by atoms with Gasteiger partial charge in [-0.15, -0.1) is 0 Å². The summed E-state index contributed by atoms with van der Waals surface area (Å²) in [6.07, 6.45) is 4.10. The highest BCUT2D eigenvalue weighted by molar-refractivity contribution is 7.89. The number of aromatic amines is 1. The van der Waals surface area contributed by atoms with Crippen molar-refractivity contribution in [1.29, 1.82) is 0 Å². The number of H-pyrrole nitrogens is 1. The van der Waals surface area contributed by atoms with Crippen molar-refractivity contribution < 1.29 is 27.1 Å². The highest BCUT2D eigenvalue weighted by Crippen LogP contribution is 2.44. The van der Waals surface area contributed by atoms with Crippen LogP contribution in [0.3, 0.4) is 0 Å². The molecule has 13 heteroatoms. The molecule has 1 amide bonds. The standard InChI is InChI=1S/C25H28F2N6O4S/c1-25(2)21-20(13-33(25)38(36,37)18-11-14(26)10-15(27)12-18)23(32-31-21)30-24(35)19-4-3-9-28-22(19)29-16-5-7-17(34)8-6-16/h3-4,9-12,16-17,34H,5-8,13H2,1-2H3,(H,28,29)(H2,30,31,32,35)/t16-,17-. The van der Waals surface area contributed by atoms with Crippen LogP contribution < -0.4 is 10.6 Å². The van der Waals surface area contributed by atoms with Crippen LogP contribution in [0.5, 0.6) is 0 Å². The van der Waals surface area contributed by atoms with Crippen molar-refractivity contribution in [3.8, 4) is 0 Å². The maximum Gasteiger partial charge on any atom is 0.260 e. The maximum absolute atomic E-state index is 13.8. The second-order valence-corrected chi connectivity index (χ2v) is 12.0. The Morgan fingerprint density at radius 2 is 1.82 bits per heavy atom. The maximum atomic E-state index is 13.8. The van der Waals surface area contributed by atoms with Crippen molar-refractivity contribution in [2.45, 2.75) is 68.7 Å². The molecule has 2 aliphatic rings. The zero-order valence-electron chi connectivity index (χ0n) is 20.8. The molecule has 5 rings (SSSR count). The van der Waals surface area contributed by atoms with Gasteiger partial charge in [-0.3, -0.25) is 9.89 Å². The van der Waals surface area contributed by atoms with E-state index in [0.29, 0.717) is 36.0 Å². The molecule has 0 spiro atoms. The lowest BCUT2D eigenvalue weighted by Gasteiger charge is -2.30. The van der Waals surface area contributed by atoms with Gasteiger partial charge < -0.3 is 15.7 Å². The molecule has 0 radical (unpaired) electrons. The molecule has 202 valence electrons. The third kappa shape index (κ3) is 4.76. The largest absolute Gasteiger partial charge is 0.393 e. The predicted octanol–water partition coefficient (Wildman–Crippen LogP) is 3.49. The van der Waals surface area contributed by atoms with E-state index in [1.54, 1.807) is 32.2 Å². The summed E-state index contributed by atoms with van der Waals surface area (Å²) >= 11 is 0. The van der Waals surface area contributed by atoms with Crippen LogP contribution in [0.15, 0.2) is 41.4 Å². The normalized spacial score (nSPS) is 21.2. The number of carbonyl (C=O) groups excluding carboxylic acids is 1. The molecular formula is C25H28F2N6O4S. The summed E-state index contributed by atoms with van der Waals surface area (Å²) in [6.45, 7) is 3.11. The Morgan fingerprint density at radius 3 is 2.50 bits per heavy atom. The summed E-state index contributed by atoms with van der Waals surface area (Å²) in [5, 5.41) is 22.8. The number of nitrogens with zero attached hydrogens (tertiary/aromatic N) is 3. The summed E-state index contributed by atoms with van der Waals surface area (Å²) < 4.78 is 55.4. The number of hydrogen-bond acceptors (Lipinski definition) is 7. The molecule has 1 aliphatic carbocycles. The van der Waals surface area contributed by atoms with Crippen LogP contribution >= 0.6 is 0 Å². The minimum atomic E-state index is -4.30. The second kappa shape index (κ2) is 9.71. The van der Waals surface area contributed by atoms with Gasteiger partial charge in [0.15, 0.2) is 5.82 Å². The number of aliphatic hydroxyl groups excluding tert-OH is 1. The third-order valence-electron chi connectivity index (χ3n) is 7.15. The molecule has 0 bridgehead atoms. The molecule has 3 heterocycles. The fraction of sp³-hybridized carbons (Fsp3) is 0.400. The average Bonchev–Trinajstić information content (AvgIpc) is 3.38. The van der Waals surface area contributed by atoms with Gasteiger partial charge in [-0.05, 0) is 63.8 Å². The zero-order chi connectivity index (χ0) is 27.2. The molecule has 38 heavy (non-hydrogen) atoms. The van der Waals surface area contributed by atoms with Gasteiger partial charge in [0.1, 0.15) is 17.5 Å². The van der Waals surface area contributed by atoms with E-state index in [0.717, 1.165) is 29.3 Å². The minimum absolute atomic E-state index is 0.0710. The number of fused-ring (bicyclic) bond motifs is 1. The Balaban J connectivity index is 1.38. The average molecular weight is 547 g/mol. The number of anilines is 2. The first-order chi connectivity index (χ1) is 18.0. The molecule has 1 fully saturated rings. The zero-order valence-corrected chi connectivity index (χ0v) is 21.6. The van der Waals surface area contributed by atoms with E-state index in [1.165, 1.54) is 0 Å². The fourth-order valence-corrected chi connectivity index (χ4v) is 6.85. The molecule has 1 aliphatic heterocycles. The number of carbonyl (C=O) groups is 1. The topological polar surface area (TPSA) is 140 Å². The number of hydrogen-bond donors (Lipinski definition) is 4. The Hall–Kier alpha value is -3.42. The third-order valence-corrected chi connectivity index (χ3v) is 9.15. The summed E-state index contributed by atoms with van der Waals surface area (Å²) in [5.74, 6) is -1.94. The van der Waals surface area contributed by atoms with Crippen LogP contribution in [-0.4, -0.2) is 51.1 Å². The number of halogens is 2. The van der Waals surface area contributed by atoms with Crippen molar-refractivity contribution in [2.24, 2.45) is 0 Å². The predicted molar refractivity (Wildman–Crippen MR) is 135 cm³/mol. The molecule has 4 N–H and O–H groups in total. The molecule has 3 aromatic rings. The number of aromatic nitrogens is 3. The smallest absolute Gasteiger partial charge is 0.260 e. The van der Waals surface area contributed by atoms with Crippen LogP contribution in [0, 0.1) is 11.6 Å². The molecule has 0 saturated heterocycles. The van der Waals surface area contributed by atoms with Crippen molar-refractivity contribution in [2.75, 3.05) is 10.6 Å². The van der Waals surface area contributed by atoms with Crippen molar-refractivity contribution in [1.82, 2.24) is 19.5 Å². The van der Waals surface area contributed by atoms with Crippen molar-refractivity contribution >= 4 is 27.6 Å². The number of amides is 1. The van der Waals surface area contributed by atoms with Crippen molar-refractivity contribution in [3.05, 3.63) is 65.0 Å². The number of benzene rings is 1. The van der Waals surface area contributed by atoms with Crippen LogP contribution in [0.1, 0.15) is 61.1 Å². The minimum Gasteiger partial charge on any atom is -0.393 e. The van der Waals surface area contributed by atoms with Gasteiger partial charge in [-0.25, -0.2) is 22.2 Å². The second-order valence-electron chi connectivity index (χ2n) is 10.1. The molecule has 10 nitrogen and oxygen atoms in total. The van der Waals surface area contributed by atoms with Gasteiger partial charge in [0.05, 0.1) is 27.8 Å². The van der Waals surface area contributed by atoms with Crippen LogP contribution in [-0.2, 0) is 22.1 Å². The van der Waals surface area contributed by atoms with E-state index in [9.17, 15) is 27.1 Å². The monoisotopic (exact) mass is 546 g/mol. The van der Waals surface area contributed by atoms with Gasteiger partial charge >= 0.3 is 0 Å². The van der Waals surface area contributed by atoms with E-state index < -0.39 is 38.0 Å². The van der Waals surface area contributed by atoms with Gasteiger partial charge in [-0.2, -0.15) is 9.40 Å². The van der Waals surface area contributed by atoms with Gasteiger partial charge in [-0.1, -0.05) is 0 Å². The molecule has 1 saturated carbocycles. The van der Waals surface area contributed by atoms with Crippen LogP contribution in [0.4, 0.5) is 20.4 Å². The first-order valence-corrected chi connectivity index (χ1v) is 13.7. The van der Waals surface area contributed by atoms with E-state index in [-0.39, 0.29) is 30.1 Å². The summed E-state index contributed by atoms with van der Waals surface area (Å²) in [4.78, 5) is 17.1. The highest BCUT2D eigenvalue weighted by atomic mass is 32.2. The number of rotatable bonds is 6. The molecule has 1 aromatic carbocycles. The lowest BCUT2D eigenvalue weighted by atomic mass is 9.93. The lowest BCUT2D eigenvalue weighted by Crippen LogP contribution is -2.40. The summed E-state index contributed by atoms with van der Waals surface area (Å²) in [6, 6.07) is 5.47. The van der Waals surface area contributed by atoms with Gasteiger partial charge in [0.2, 0.25) is 10.0 Å². The van der Waals surface area contributed by atoms with Crippen LogP contribution in [0.2, 0.25) is 0 Å².